The average Bonchev–Trinajstić information content (AvgIpc) is 3.41. The molecule has 0 spiro atoms. The highest BCUT2D eigenvalue weighted by Crippen LogP contribution is 2.40. The van der Waals surface area contributed by atoms with Crippen molar-refractivity contribution in [3.05, 3.63) is 83.7 Å². The molecule has 9 heteroatoms. The number of aryl methyl sites for hydroxylation is 1. The summed E-state index contributed by atoms with van der Waals surface area (Å²) in [5, 5.41) is 21.0. The van der Waals surface area contributed by atoms with E-state index in [-0.39, 0.29) is 29.2 Å². The molecule has 1 aliphatic rings. The first-order chi connectivity index (χ1) is 15.9. The van der Waals surface area contributed by atoms with Crippen LogP contribution in [0.5, 0.6) is 11.5 Å². The van der Waals surface area contributed by atoms with E-state index in [1.807, 2.05) is 4.57 Å². The highest BCUT2D eigenvalue weighted by molar-refractivity contribution is 6.46. The number of benzene rings is 2. The number of carbonyl (C=O) groups is 2. The van der Waals surface area contributed by atoms with E-state index in [2.05, 4.69) is 4.98 Å². The molecule has 2 N–H and O–H groups in total. The van der Waals surface area contributed by atoms with E-state index >= 15 is 0 Å². The van der Waals surface area contributed by atoms with Crippen LogP contribution in [0.25, 0.3) is 5.76 Å². The molecule has 1 atom stereocenters. The van der Waals surface area contributed by atoms with Crippen LogP contribution in [0.3, 0.4) is 0 Å². The second-order valence-electron chi connectivity index (χ2n) is 7.59. The molecule has 33 heavy (non-hydrogen) atoms. The zero-order valence-corrected chi connectivity index (χ0v) is 17.8. The molecular formula is C24H22FN3O5. The third-order valence-electron chi connectivity index (χ3n) is 5.53. The van der Waals surface area contributed by atoms with Gasteiger partial charge >= 0.3 is 0 Å². The molecule has 1 fully saturated rings. The van der Waals surface area contributed by atoms with Crippen molar-refractivity contribution in [2.24, 2.45) is 0 Å². The number of halogens is 1. The van der Waals surface area contributed by atoms with E-state index < -0.39 is 29.3 Å². The molecule has 0 saturated carbocycles. The number of rotatable bonds is 7. The van der Waals surface area contributed by atoms with Gasteiger partial charge < -0.3 is 24.4 Å². The molecule has 0 bridgehead atoms. The van der Waals surface area contributed by atoms with Gasteiger partial charge in [0.1, 0.15) is 11.5 Å². The third-order valence-corrected chi connectivity index (χ3v) is 5.53. The summed E-state index contributed by atoms with van der Waals surface area (Å²) in [6.07, 6.45) is 5.61. The molecule has 3 aromatic rings. The van der Waals surface area contributed by atoms with Crippen LogP contribution in [-0.4, -0.2) is 50.0 Å². The van der Waals surface area contributed by atoms with Crippen LogP contribution in [-0.2, 0) is 16.1 Å². The zero-order chi connectivity index (χ0) is 23.5. The Bertz CT molecular complexity index is 1220. The Morgan fingerprint density at radius 1 is 1.18 bits per heavy atom. The van der Waals surface area contributed by atoms with Crippen LogP contribution in [0, 0.1) is 5.82 Å². The molecule has 0 radical (unpaired) electrons. The van der Waals surface area contributed by atoms with Crippen molar-refractivity contribution in [3.63, 3.8) is 0 Å². The summed E-state index contributed by atoms with van der Waals surface area (Å²) in [5.74, 6) is -2.93. The first kappa shape index (κ1) is 22.1. The Labute approximate surface area is 189 Å². The lowest BCUT2D eigenvalue weighted by Crippen LogP contribution is -2.31. The van der Waals surface area contributed by atoms with Gasteiger partial charge in [0.25, 0.3) is 11.7 Å². The minimum absolute atomic E-state index is 0.0176. The summed E-state index contributed by atoms with van der Waals surface area (Å²) in [5.41, 5.74) is 0.319. The number of Topliss-reactive ketones (excluding diaryl/α,β-unsaturated/α-hetero) is 1. The van der Waals surface area contributed by atoms with E-state index in [1.54, 1.807) is 30.9 Å². The SMILES string of the molecule is COc1ccc(C(O)=C2C(=O)C(=O)N(CCCn3ccnc3)[C@@H]2c2cccc(O)c2)cc1F. The number of hydrogen-bond acceptors (Lipinski definition) is 6. The van der Waals surface area contributed by atoms with Gasteiger partial charge in [-0.3, -0.25) is 9.59 Å². The van der Waals surface area contributed by atoms with Crippen molar-refractivity contribution in [1.29, 1.82) is 0 Å². The number of likely N-dealkylation sites (tertiary alicyclic amines) is 1. The van der Waals surface area contributed by atoms with E-state index in [0.717, 1.165) is 6.07 Å². The number of aromatic nitrogens is 2. The highest BCUT2D eigenvalue weighted by atomic mass is 19.1. The number of amides is 1. The number of ketones is 1. The minimum Gasteiger partial charge on any atom is -0.508 e. The molecule has 2 heterocycles. The number of phenols is 1. The van der Waals surface area contributed by atoms with Crippen LogP contribution in [0.15, 0.2) is 66.8 Å². The molecule has 1 aromatic heterocycles. The molecule has 8 nitrogen and oxygen atoms in total. The second-order valence-corrected chi connectivity index (χ2v) is 7.59. The number of aliphatic hydroxyl groups excluding tert-OH is 1. The van der Waals surface area contributed by atoms with Gasteiger partial charge in [0.05, 0.1) is 25.1 Å². The number of nitrogens with zero attached hydrogens (tertiary/aromatic N) is 3. The summed E-state index contributed by atoms with van der Waals surface area (Å²) < 4.78 is 21.0. The average molecular weight is 451 g/mol. The van der Waals surface area contributed by atoms with Gasteiger partial charge in [0.15, 0.2) is 11.6 Å². The topological polar surface area (TPSA) is 105 Å². The molecule has 2 aromatic carbocycles. The standard InChI is InChI=1S/C24H22FN3O5/c1-33-19-7-6-16(13-18(19)25)22(30)20-21(15-4-2-5-17(29)12-15)28(24(32)23(20)31)10-3-9-27-11-8-26-14-27/h2,4-8,11-14,21,29-30H,3,9-10H2,1H3/t21-/m1/s1. The van der Waals surface area contributed by atoms with Crippen molar-refractivity contribution >= 4 is 17.4 Å². The quantitative estimate of drug-likeness (QED) is 0.325. The van der Waals surface area contributed by atoms with E-state index in [4.69, 9.17) is 4.74 Å². The van der Waals surface area contributed by atoms with E-state index in [0.29, 0.717) is 18.5 Å². The molecule has 1 amide bonds. The van der Waals surface area contributed by atoms with Crippen LogP contribution < -0.4 is 4.74 Å². The monoisotopic (exact) mass is 451 g/mol. The predicted molar refractivity (Wildman–Crippen MR) is 117 cm³/mol. The number of phenolic OH excluding ortho intramolecular Hbond substituents is 1. The molecule has 1 saturated heterocycles. The van der Waals surface area contributed by atoms with Gasteiger partial charge in [0, 0.05) is 31.0 Å². The summed E-state index contributed by atoms with van der Waals surface area (Å²) in [4.78, 5) is 31.3. The van der Waals surface area contributed by atoms with Crippen molar-refractivity contribution in [2.75, 3.05) is 13.7 Å². The first-order valence-corrected chi connectivity index (χ1v) is 10.3. The second kappa shape index (κ2) is 9.15. The normalized spacial score (nSPS) is 17.5. The van der Waals surface area contributed by atoms with Crippen LogP contribution >= 0.6 is 0 Å². The van der Waals surface area contributed by atoms with Crippen molar-refractivity contribution < 1.29 is 28.9 Å². The third kappa shape index (κ3) is 4.30. The Morgan fingerprint density at radius 2 is 2.00 bits per heavy atom. The number of hydrogen-bond donors (Lipinski definition) is 2. The summed E-state index contributed by atoms with van der Waals surface area (Å²) in [6.45, 7) is 0.788. The lowest BCUT2D eigenvalue weighted by atomic mass is 9.95. The fourth-order valence-electron chi connectivity index (χ4n) is 3.96. The first-order valence-electron chi connectivity index (χ1n) is 10.3. The Balaban J connectivity index is 1.75. The molecule has 4 rings (SSSR count). The van der Waals surface area contributed by atoms with Crippen molar-refractivity contribution in [3.8, 4) is 11.5 Å². The number of imidazole rings is 1. The van der Waals surface area contributed by atoms with Gasteiger partial charge in [-0.25, -0.2) is 9.37 Å². The van der Waals surface area contributed by atoms with E-state index in [9.17, 15) is 24.2 Å². The lowest BCUT2D eigenvalue weighted by Gasteiger charge is -2.25. The number of methoxy groups -OCH3 is 1. The minimum atomic E-state index is -0.940. The largest absolute Gasteiger partial charge is 0.508 e. The predicted octanol–water partition coefficient (Wildman–Crippen LogP) is 3.25. The fourth-order valence-corrected chi connectivity index (χ4v) is 3.96. The smallest absolute Gasteiger partial charge is 0.295 e. The van der Waals surface area contributed by atoms with Gasteiger partial charge in [-0.2, -0.15) is 0 Å². The Kier molecular flexibility index (Phi) is 6.12. The van der Waals surface area contributed by atoms with Gasteiger partial charge in [-0.1, -0.05) is 12.1 Å². The summed E-state index contributed by atoms with van der Waals surface area (Å²) >= 11 is 0. The number of ether oxygens (including phenoxy) is 1. The molecule has 0 unspecified atom stereocenters. The summed E-state index contributed by atoms with van der Waals surface area (Å²) in [6, 6.07) is 8.97. The van der Waals surface area contributed by atoms with Gasteiger partial charge in [0.2, 0.25) is 0 Å². The Hall–Kier alpha value is -4.14. The number of carbonyl (C=O) groups excluding carboxylic acids is 2. The van der Waals surface area contributed by atoms with E-state index in [1.165, 1.54) is 36.3 Å². The van der Waals surface area contributed by atoms with Crippen molar-refractivity contribution in [2.45, 2.75) is 19.0 Å². The number of aromatic hydroxyl groups is 1. The van der Waals surface area contributed by atoms with Crippen molar-refractivity contribution in [1.82, 2.24) is 14.5 Å². The molecule has 1 aliphatic heterocycles. The molecule has 170 valence electrons. The maximum absolute atomic E-state index is 14.3. The summed E-state index contributed by atoms with van der Waals surface area (Å²) in [7, 11) is 1.31. The highest BCUT2D eigenvalue weighted by Gasteiger charge is 2.45. The number of aliphatic hydroxyl groups is 1. The molecular weight excluding hydrogens is 429 g/mol. The molecule has 0 aliphatic carbocycles. The van der Waals surface area contributed by atoms with Gasteiger partial charge in [-0.15, -0.1) is 0 Å². The maximum Gasteiger partial charge on any atom is 0.295 e. The fraction of sp³-hybridized carbons (Fsp3) is 0.208. The lowest BCUT2D eigenvalue weighted by molar-refractivity contribution is -0.139. The Morgan fingerprint density at radius 3 is 2.67 bits per heavy atom. The van der Waals surface area contributed by atoms with Crippen LogP contribution in [0.1, 0.15) is 23.6 Å². The zero-order valence-electron chi connectivity index (χ0n) is 17.8. The van der Waals surface area contributed by atoms with Crippen LogP contribution in [0.4, 0.5) is 4.39 Å². The maximum atomic E-state index is 14.3. The van der Waals surface area contributed by atoms with Gasteiger partial charge in [-0.05, 0) is 42.3 Å². The van der Waals surface area contributed by atoms with Crippen LogP contribution in [0.2, 0.25) is 0 Å².